The number of aryl methyl sites for hydroxylation is 2. The van der Waals surface area contributed by atoms with Crippen molar-refractivity contribution in [2.75, 3.05) is 11.9 Å². The highest BCUT2D eigenvalue weighted by molar-refractivity contribution is 6.06. The van der Waals surface area contributed by atoms with E-state index in [4.69, 9.17) is 9.84 Å². The highest BCUT2D eigenvalue weighted by Gasteiger charge is 2.34. The normalized spacial score (nSPS) is 12.2. The van der Waals surface area contributed by atoms with Crippen molar-refractivity contribution in [3.8, 4) is 5.75 Å². The summed E-state index contributed by atoms with van der Waals surface area (Å²) >= 11 is 0. The second kappa shape index (κ2) is 11.3. The van der Waals surface area contributed by atoms with E-state index in [-0.39, 0.29) is 12.0 Å². The van der Waals surface area contributed by atoms with Gasteiger partial charge in [0, 0.05) is 12.0 Å². The van der Waals surface area contributed by atoms with Crippen LogP contribution < -0.4 is 10.1 Å². The van der Waals surface area contributed by atoms with E-state index in [1.807, 2.05) is 30.3 Å². The molecule has 5 nitrogen and oxygen atoms in total. The second-order valence-corrected chi connectivity index (χ2v) is 8.79. The summed E-state index contributed by atoms with van der Waals surface area (Å²) in [5.41, 5.74) is 1.47. The largest absolute Gasteiger partial charge is 0.493 e. The topological polar surface area (TPSA) is 75.6 Å². The Labute approximate surface area is 207 Å². The molecule has 0 aliphatic rings. The average molecular weight is 500 g/mol. The molecule has 0 radical (unpaired) electrons. The summed E-state index contributed by atoms with van der Waals surface area (Å²) in [7, 11) is 0. The van der Waals surface area contributed by atoms with Crippen molar-refractivity contribution in [2.45, 2.75) is 39.8 Å². The lowest BCUT2D eigenvalue weighted by molar-refractivity contribution is -0.141. The number of alkyl halides is 3. The molecule has 3 rings (SSSR count). The van der Waals surface area contributed by atoms with Crippen LogP contribution in [0.3, 0.4) is 0 Å². The van der Waals surface area contributed by atoms with Gasteiger partial charge in [0.25, 0.3) is 5.91 Å². The van der Waals surface area contributed by atoms with E-state index in [9.17, 15) is 22.8 Å². The fourth-order valence-electron chi connectivity index (χ4n) is 3.99. The molecule has 0 aliphatic heterocycles. The Bertz CT molecular complexity index is 1220. The molecular weight excluding hydrogens is 471 g/mol. The number of amides is 1. The minimum Gasteiger partial charge on any atom is -0.493 e. The number of benzene rings is 3. The molecule has 1 amide bonds. The zero-order valence-corrected chi connectivity index (χ0v) is 20.3. The van der Waals surface area contributed by atoms with E-state index in [1.165, 1.54) is 19.1 Å². The Morgan fingerprint density at radius 3 is 2.19 bits per heavy atom. The van der Waals surface area contributed by atoms with Crippen molar-refractivity contribution in [1.29, 1.82) is 0 Å². The standard InChI is InChI=1S/C28H28F3NO4/c1-17-14-22(36-12-11-20-7-5-4-6-8-20)15-18(2)25(17)26(33)32-24-16-21(13-19(3)27(34)35)9-10-23(24)28(29,30)31/h4-10,14-16,19H,11-13H2,1-3H3,(H,32,33)(H,34,35). The third-order valence-corrected chi connectivity index (χ3v) is 5.84. The van der Waals surface area contributed by atoms with Crippen LogP contribution in [0.1, 0.15) is 45.1 Å². The number of ether oxygens (including phenoxy) is 1. The molecule has 0 fully saturated rings. The van der Waals surface area contributed by atoms with Gasteiger partial charge in [0.05, 0.1) is 23.8 Å². The van der Waals surface area contributed by atoms with Gasteiger partial charge in [0.1, 0.15) is 5.75 Å². The van der Waals surface area contributed by atoms with Gasteiger partial charge in [-0.25, -0.2) is 0 Å². The number of nitrogens with one attached hydrogen (secondary N) is 1. The molecule has 0 spiro atoms. The number of anilines is 1. The first-order valence-corrected chi connectivity index (χ1v) is 11.5. The molecule has 2 N–H and O–H groups in total. The number of carboxylic acid groups (broad SMARTS) is 1. The molecule has 0 heterocycles. The highest BCUT2D eigenvalue weighted by atomic mass is 19.4. The molecule has 1 unspecified atom stereocenters. The van der Waals surface area contributed by atoms with Crippen LogP contribution in [-0.2, 0) is 23.8 Å². The number of carbonyl (C=O) groups excluding carboxylic acids is 1. The fourth-order valence-corrected chi connectivity index (χ4v) is 3.99. The zero-order chi connectivity index (χ0) is 26.5. The molecule has 0 aromatic heterocycles. The maximum absolute atomic E-state index is 13.6. The molecule has 0 saturated heterocycles. The first kappa shape index (κ1) is 26.8. The zero-order valence-electron chi connectivity index (χ0n) is 20.3. The maximum atomic E-state index is 13.6. The number of carbonyl (C=O) groups is 2. The van der Waals surface area contributed by atoms with E-state index < -0.39 is 35.2 Å². The van der Waals surface area contributed by atoms with Gasteiger partial charge in [-0.05, 0) is 66.8 Å². The number of hydrogen-bond donors (Lipinski definition) is 2. The van der Waals surface area contributed by atoms with E-state index in [0.29, 0.717) is 35.5 Å². The SMILES string of the molecule is Cc1cc(OCCc2ccccc2)cc(C)c1C(=O)Nc1cc(CC(C)C(=O)O)ccc1C(F)(F)F. The van der Waals surface area contributed by atoms with Gasteiger partial charge in [-0.15, -0.1) is 0 Å². The summed E-state index contributed by atoms with van der Waals surface area (Å²) in [5.74, 6) is -1.96. The second-order valence-electron chi connectivity index (χ2n) is 8.79. The van der Waals surface area contributed by atoms with E-state index >= 15 is 0 Å². The van der Waals surface area contributed by atoms with E-state index in [1.54, 1.807) is 26.0 Å². The molecule has 0 saturated carbocycles. The van der Waals surface area contributed by atoms with Gasteiger partial charge >= 0.3 is 12.1 Å². The third-order valence-electron chi connectivity index (χ3n) is 5.84. The summed E-state index contributed by atoms with van der Waals surface area (Å²) < 4.78 is 46.7. The first-order chi connectivity index (χ1) is 17.0. The Kier molecular flexibility index (Phi) is 8.40. The van der Waals surface area contributed by atoms with Crippen LogP contribution in [0.4, 0.5) is 18.9 Å². The predicted octanol–water partition coefficient (Wildman–Crippen LogP) is 6.46. The maximum Gasteiger partial charge on any atom is 0.418 e. The van der Waals surface area contributed by atoms with Crippen LogP contribution in [-0.4, -0.2) is 23.6 Å². The van der Waals surface area contributed by atoms with Crippen molar-refractivity contribution < 1.29 is 32.6 Å². The van der Waals surface area contributed by atoms with Crippen molar-refractivity contribution in [3.05, 3.63) is 94.0 Å². The van der Waals surface area contributed by atoms with Crippen LogP contribution in [0.25, 0.3) is 0 Å². The lowest BCUT2D eigenvalue weighted by Gasteiger charge is -2.18. The minimum atomic E-state index is -4.69. The quantitative estimate of drug-likeness (QED) is 0.354. The Hall–Kier alpha value is -3.81. The van der Waals surface area contributed by atoms with Gasteiger partial charge in [-0.2, -0.15) is 13.2 Å². The molecule has 190 valence electrons. The third kappa shape index (κ3) is 6.87. The van der Waals surface area contributed by atoms with Crippen LogP contribution in [0, 0.1) is 19.8 Å². The van der Waals surface area contributed by atoms with Gasteiger partial charge in [0.15, 0.2) is 0 Å². The summed E-state index contributed by atoms with van der Waals surface area (Å²) in [6, 6.07) is 16.5. The van der Waals surface area contributed by atoms with Crippen LogP contribution in [0.5, 0.6) is 5.75 Å². The van der Waals surface area contributed by atoms with Gasteiger partial charge < -0.3 is 15.2 Å². The number of aliphatic carboxylic acids is 1. The number of rotatable bonds is 9. The average Bonchev–Trinajstić information content (AvgIpc) is 2.78. The summed E-state index contributed by atoms with van der Waals surface area (Å²) in [5, 5.41) is 11.5. The van der Waals surface area contributed by atoms with Gasteiger partial charge in [-0.1, -0.05) is 43.3 Å². The van der Waals surface area contributed by atoms with Gasteiger partial charge in [-0.3, -0.25) is 9.59 Å². The van der Waals surface area contributed by atoms with Crippen LogP contribution in [0.15, 0.2) is 60.7 Å². The predicted molar refractivity (Wildman–Crippen MR) is 131 cm³/mol. The molecule has 0 aliphatic carbocycles. The smallest absolute Gasteiger partial charge is 0.418 e. The van der Waals surface area contributed by atoms with Crippen LogP contribution >= 0.6 is 0 Å². The molecule has 8 heteroatoms. The summed E-state index contributed by atoms with van der Waals surface area (Å²) in [6.45, 7) is 5.29. The van der Waals surface area contributed by atoms with Crippen molar-refractivity contribution in [3.63, 3.8) is 0 Å². The Balaban J connectivity index is 1.80. The summed E-state index contributed by atoms with van der Waals surface area (Å²) in [6.07, 6.45) is -3.96. The van der Waals surface area contributed by atoms with Crippen molar-refractivity contribution in [2.24, 2.45) is 5.92 Å². The molecule has 0 bridgehead atoms. The van der Waals surface area contributed by atoms with Crippen LogP contribution in [0.2, 0.25) is 0 Å². The lowest BCUT2D eigenvalue weighted by Crippen LogP contribution is -2.19. The minimum absolute atomic E-state index is 0.0312. The monoisotopic (exact) mass is 499 g/mol. The van der Waals surface area contributed by atoms with E-state index in [2.05, 4.69) is 5.32 Å². The molecule has 3 aromatic rings. The first-order valence-electron chi connectivity index (χ1n) is 11.5. The number of carboxylic acids is 1. The van der Waals surface area contributed by atoms with Crippen molar-refractivity contribution in [1.82, 2.24) is 0 Å². The fraction of sp³-hybridized carbons (Fsp3) is 0.286. The Morgan fingerprint density at radius 2 is 1.61 bits per heavy atom. The van der Waals surface area contributed by atoms with E-state index in [0.717, 1.165) is 11.6 Å². The molecule has 1 atom stereocenters. The molecule has 3 aromatic carbocycles. The Morgan fingerprint density at radius 1 is 0.972 bits per heavy atom. The molecule has 36 heavy (non-hydrogen) atoms. The summed E-state index contributed by atoms with van der Waals surface area (Å²) in [4.78, 5) is 24.2. The van der Waals surface area contributed by atoms with Crippen molar-refractivity contribution >= 4 is 17.6 Å². The highest BCUT2D eigenvalue weighted by Crippen LogP contribution is 2.36. The number of hydrogen-bond acceptors (Lipinski definition) is 3. The lowest BCUT2D eigenvalue weighted by atomic mass is 9.98. The van der Waals surface area contributed by atoms with Gasteiger partial charge in [0.2, 0.25) is 0 Å². The number of halogens is 3. The molecular formula is C28H28F3NO4.